The lowest BCUT2D eigenvalue weighted by atomic mass is 10.1. The summed E-state index contributed by atoms with van der Waals surface area (Å²) in [5.41, 5.74) is 4.56. The number of nitrogens with one attached hydrogen (secondary N) is 1. The van der Waals surface area contributed by atoms with Gasteiger partial charge < -0.3 is 9.55 Å². The van der Waals surface area contributed by atoms with Crippen molar-refractivity contribution in [2.75, 3.05) is 0 Å². The Labute approximate surface area is 154 Å². The molecule has 0 radical (unpaired) electrons. The normalized spacial score (nSPS) is 11.6. The summed E-state index contributed by atoms with van der Waals surface area (Å²) < 4.78 is 2.01. The van der Waals surface area contributed by atoms with Crippen molar-refractivity contribution in [2.45, 2.75) is 19.9 Å². The smallest absolute Gasteiger partial charge is 0.262 e. The van der Waals surface area contributed by atoms with Crippen LogP contribution in [0.15, 0.2) is 59.4 Å². The first-order chi connectivity index (χ1) is 13.2. The number of aryl methyl sites for hydroxylation is 3. The molecule has 0 bridgehead atoms. The molecule has 6 heteroatoms. The molecule has 3 heterocycles. The van der Waals surface area contributed by atoms with Crippen LogP contribution in [0.3, 0.4) is 0 Å². The number of aromatic nitrogens is 5. The number of aromatic amines is 1. The number of H-pyrrole nitrogens is 1. The topological polar surface area (TPSA) is 76.5 Å². The SMILES string of the molecule is Cc1nc2c(c(=O)[nH]1)c1nc3ccccc3nc1n2CCc1ccccc1. The number of nitrogens with zero attached hydrogens (tertiary/aromatic N) is 4. The van der Waals surface area contributed by atoms with Gasteiger partial charge in [0.25, 0.3) is 5.56 Å². The molecule has 0 saturated heterocycles. The first-order valence-corrected chi connectivity index (χ1v) is 8.90. The fourth-order valence-corrected chi connectivity index (χ4v) is 3.52. The Hall–Kier alpha value is -3.54. The molecule has 0 spiro atoms. The van der Waals surface area contributed by atoms with Crippen LogP contribution in [0, 0.1) is 6.92 Å². The van der Waals surface area contributed by atoms with Crippen molar-refractivity contribution in [2.24, 2.45) is 0 Å². The van der Waals surface area contributed by atoms with E-state index in [0.717, 1.165) is 17.5 Å². The molecule has 0 aliphatic rings. The molecule has 3 aromatic heterocycles. The second kappa shape index (κ2) is 6.02. The van der Waals surface area contributed by atoms with Crippen LogP contribution in [0.2, 0.25) is 0 Å². The zero-order chi connectivity index (χ0) is 18.4. The van der Waals surface area contributed by atoms with E-state index >= 15 is 0 Å². The molecule has 0 aliphatic heterocycles. The second-order valence-corrected chi connectivity index (χ2v) is 6.62. The summed E-state index contributed by atoms with van der Waals surface area (Å²) in [4.78, 5) is 29.6. The maximum absolute atomic E-state index is 12.7. The van der Waals surface area contributed by atoms with Crippen molar-refractivity contribution in [1.82, 2.24) is 24.5 Å². The summed E-state index contributed by atoms with van der Waals surface area (Å²) >= 11 is 0. The fourth-order valence-electron chi connectivity index (χ4n) is 3.52. The van der Waals surface area contributed by atoms with Crippen LogP contribution in [0.25, 0.3) is 33.2 Å². The largest absolute Gasteiger partial charge is 0.310 e. The Kier molecular flexibility index (Phi) is 3.50. The zero-order valence-electron chi connectivity index (χ0n) is 14.8. The van der Waals surface area contributed by atoms with Crippen molar-refractivity contribution < 1.29 is 0 Å². The lowest BCUT2D eigenvalue weighted by Crippen LogP contribution is -2.11. The molecule has 0 fully saturated rings. The highest BCUT2D eigenvalue weighted by Gasteiger charge is 2.18. The molecule has 2 aromatic carbocycles. The van der Waals surface area contributed by atoms with Gasteiger partial charge in [-0.15, -0.1) is 0 Å². The molecule has 5 aromatic rings. The van der Waals surface area contributed by atoms with Crippen molar-refractivity contribution in [3.8, 4) is 0 Å². The molecule has 27 heavy (non-hydrogen) atoms. The third-order valence-electron chi connectivity index (χ3n) is 4.79. The first kappa shape index (κ1) is 15.7. The van der Waals surface area contributed by atoms with Crippen molar-refractivity contribution in [3.63, 3.8) is 0 Å². The fraction of sp³-hybridized carbons (Fsp3) is 0.143. The van der Waals surface area contributed by atoms with Gasteiger partial charge in [-0.25, -0.2) is 15.0 Å². The number of hydrogen-bond acceptors (Lipinski definition) is 4. The lowest BCUT2D eigenvalue weighted by molar-refractivity contribution is 0.729. The van der Waals surface area contributed by atoms with Crippen LogP contribution < -0.4 is 5.56 Å². The highest BCUT2D eigenvalue weighted by atomic mass is 16.1. The van der Waals surface area contributed by atoms with Gasteiger partial charge in [-0.2, -0.15) is 0 Å². The number of benzene rings is 2. The van der Waals surface area contributed by atoms with E-state index < -0.39 is 0 Å². The first-order valence-electron chi connectivity index (χ1n) is 8.90. The third-order valence-corrected chi connectivity index (χ3v) is 4.79. The Bertz CT molecular complexity index is 1350. The van der Waals surface area contributed by atoms with Gasteiger partial charge in [-0.1, -0.05) is 42.5 Å². The van der Waals surface area contributed by atoms with Crippen molar-refractivity contribution >= 4 is 33.2 Å². The summed E-state index contributed by atoms with van der Waals surface area (Å²) in [7, 11) is 0. The molecule has 1 N–H and O–H groups in total. The highest BCUT2D eigenvalue weighted by Crippen LogP contribution is 2.25. The Morgan fingerprint density at radius 1 is 0.889 bits per heavy atom. The third kappa shape index (κ3) is 2.57. The van der Waals surface area contributed by atoms with Crippen molar-refractivity contribution in [1.29, 1.82) is 0 Å². The van der Waals surface area contributed by atoms with E-state index in [-0.39, 0.29) is 5.56 Å². The van der Waals surface area contributed by atoms with Crippen LogP contribution in [0.4, 0.5) is 0 Å². The van der Waals surface area contributed by atoms with Gasteiger partial charge in [-0.05, 0) is 31.0 Å². The second-order valence-electron chi connectivity index (χ2n) is 6.62. The van der Waals surface area contributed by atoms with Gasteiger partial charge in [0.2, 0.25) is 0 Å². The maximum Gasteiger partial charge on any atom is 0.262 e. The molecular formula is C21H17N5O. The van der Waals surface area contributed by atoms with Gasteiger partial charge in [0.15, 0.2) is 11.3 Å². The Balaban J connectivity index is 1.80. The summed E-state index contributed by atoms with van der Waals surface area (Å²) in [6, 6.07) is 18.0. The monoisotopic (exact) mass is 355 g/mol. The minimum atomic E-state index is -0.175. The zero-order valence-corrected chi connectivity index (χ0v) is 14.8. The number of rotatable bonds is 3. The molecular weight excluding hydrogens is 338 g/mol. The van der Waals surface area contributed by atoms with E-state index in [1.54, 1.807) is 6.92 Å². The van der Waals surface area contributed by atoms with Crippen LogP contribution in [-0.2, 0) is 13.0 Å². The summed E-state index contributed by atoms with van der Waals surface area (Å²) in [5, 5.41) is 0.502. The number of para-hydroxylation sites is 2. The van der Waals surface area contributed by atoms with Gasteiger partial charge in [-0.3, -0.25) is 4.79 Å². The molecule has 0 atom stereocenters. The van der Waals surface area contributed by atoms with Crippen LogP contribution in [0.1, 0.15) is 11.4 Å². The average molecular weight is 355 g/mol. The molecule has 0 unspecified atom stereocenters. The van der Waals surface area contributed by atoms with Crippen LogP contribution in [-0.4, -0.2) is 24.5 Å². The van der Waals surface area contributed by atoms with Crippen LogP contribution >= 0.6 is 0 Å². The van der Waals surface area contributed by atoms with E-state index in [0.29, 0.717) is 34.6 Å². The summed E-state index contributed by atoms with van der Waals surface area (Å²) in [6.45, 7) is 2.46. The molecule has 5 rings (SSSR count). The predicted molar refractivity (Wildman–Crippen MR) is 106 cm³/mol. The summed E-state index contributed by atoms with van der Waals surface area (Å²) in [5.74, 6) is 0.584. The molecule has 0 amide bonds. The van der Waals surface area contributed by atoms with Crippen LogP contribution in [0.5, 0.6) is 0 Å². The van der Waals surface area contributed by atoms with Gasteiger partial charge >= 0.3 is 0 Å². The van der Waals surface area contributed by atoms with Crippen molar-refractivity contribution in [3.05, 3.63) is 76.3 Å². The van der Waals surface area contributed by atoms with E-state index in [1.165, 1.54) is 5.56 Å². The standard InChI is InChI=1S/C21H17N5O/c1-13-22-19-17(21(27)23-13)18-20(25-16-10-6-5-9-15(16)24-18)26(19)12-11-14-7-3-2-4-8-14/h2-10H,11-12H2,1H3,(H,22,23,27). The van der Waals surface area contributed by atoms with E-state index in [9.17, 15) is 4.79 Å². The maximum atomic E-state index is 12.7. The van der Waals surface area contributed by atoms with Gasteiger partial charge in [0, 0.05) is 6.54 Å². The molecule has 0 aliphatic carbocycles. The highest BCUT2D eigenvalue weighted by molar-refractivity contribution is 6.04. The molecule has 0 saturated carbocycles. The quantitative estimate of drug-likeness (QED) is 0.538. The number of hydrogen-bond donors (Lipinski definition) is 1. The van der Waals surface area contributed by atoms with E-state index in [4.69, 9.17) is 9.97 Å². The summed E-state index contributed by atoms with van der Waals surface area (Å²) in [6.07, 6.45) is 0.821. The predicted octanol–water partition coefficient (Wildman–Crippen LogP) is 3.37. The lowest BCUT2D eigenvalue weighted by Gasteiger charge is -2.07. The number of fused-ring (bicyclic) bond motifs is 4. The molecule has 132 valence electrons. The van der Waals surface area contributed by atoms with E-state index in [2.05, 4.69) is 22.1 Å². The minimum Gasteiger partial charge on any atom is -0.310 e. The average Bonchev–Trinajstić information content (AvgIpc) is 2.98. The van der Waals surface area contributed by atoms with Gasteiger partial charge in [0.1, 0.15) is 16.7 Å². The Morgan fingerprint density at radius 2 is 1.59 bits per heavy atom. The molecule has 6 nitrogen and oxygen atoms in total. The minimum absolute atomic E-state index is 0.175. The Morgan fingerprint density at radius 3 is 2.37 bits per heavy atom. The van der Waals surface area contributed by atoms with E-state index in [1.807, 2.05) is 47.0 Å². The van der Waals surface area contributed by atoms with Gasteiger partial charge in [0.05, 0.1) is 11.0 Å².